The largest absolute Gasteiger partial charge is 0.493 e. The minimum atomic E-state index is 0.0974. The number of Topliss-reactive ketones (excluding diaryl/α,β-unsaturated/α-hetero) is 1. The lowest BCUT2D eigenvalue weighted by atomic mass is 10.0. The van der Waals surface area contributed by atoms with Gasteiger partial charge in [-0.15, -0.1) is 0 Å². The highest BCUT2D eigenvalue weighted by Gasteiger charge is 2.02. The lowest BCUT2D eigenvalue weighted by molar-refractivity contribution is 0.101. The first-order chi connectivity index (χ1) is 12.7. The van der Waals surface area contributed by atoms with Crippen LogP contribution in [-0.4, -0.2) is 18.1 Å². The molecule has 0 amide bonds. The van der Waals surface area contributed by atoms with Gasteiger partial charge in [-0.25, -0.2) is 0 Å². The number of benzene rings is 3. The van der Waals surface area contributed by atoms with E-state index in [2.05, 4.69) is 24.3 Å². The van der Waals surface area contributed by atoms with Crippen LogP contribution in [-0.2, 0) is 5.75 Å². The number of para-hydroxylation sites is 1. The molecule has 0 spiro atoms. The maximum absolute atomic E-state index is 11.4. The first-order valence-electron chi connectivity index (χ1n) is 8.68. The van der Waals surface area contributed by atoms with Gasteiger partial charge in [0.15, 0.2) is 5.78 Å². The van der Waals surface area contributed by atoms with Crippen LogP contribution in [0.2, 0.25) is 0 Å². The third-order valence-corrected chi connectivity index (χ3v) is 5.08. The summed E-state index contributed by atoms with van der Waals surface area (Å²) in [6.07, 6.45) is 0. The van der Waals surface area contributed by atoms with Gasteiger partial charge in [0.2, 0.25) is 0 Å². The maximum Gasteiger partial charge on any atom is 0.159 e. The van der Waals surface area contributed by atoms with Gasteiger partial charge in [0.1, 0.15) is 5.75 Å². The van der Waals surface area contributed by atoms with Crippen molar-refractivity contribution in [3.8, 4) is 16.9 Å². The van der Waals surface area contributed by atoms with Gasteiger partial charge in [-0.1, -0.05) is 66.7 Å². The fourth-order valence-electron chi connectivity index (χ4n) is 2.62. The molecule has 0 unspecified atom stereocenters. The first-order valence-corrected chi connectivity index (χ1v) is 9.84. The zero-order valence-corrected chi connectivity index (χ0v) is 15.7. The molecule has 0 bridgehead atoms. The van der Waals surface area contributed by atoms with Crippen molar-refractivity contribution in [3.63, 3.8) is 0 Å². The molecule has 0 fully saturated rings. The maximum atomic E-state index is 11.4. The Morgan fingerprint density at radius 2 is 1.46 bits per heavy atom. The van der Waals surface area contributed by atoms with Gasteiger partial charge >= 0.3 is 0 Å². The van der Waals surface area contributed by atoms with E-state index in [0.717, 1.165) is 35.0 Å². The monoisotopic (exact) mass is 362 g/mol. The standard InChI is InChI=1S/C23H22O2S/c1-18(24)20-11-13-22(14-12-20)21-9-7-19(8-10-21)17-26-16-15-25-23-5-3-2-4-6-23/h2-14H,15-17H2,1H3. The van der Waals surface area contributed by atoms with Gasteiger partial charge in [-0.3, -0.25) is 4.79 Å². The van der Waals surface area contributed by atoms with E-state index in [9.17, 15) is 4.79 Å². The van der Waals surface area contributed by atoms with Gasteiger partial charge in [0, 0.05) is 17.1 Å². The van der Waals surface area contributed by atoms with Crippen LogP contribution in [0.5, 0.6) is 5.75 Å². The fourth-order valence-corrected chi connectivity index (χ4v) is 3.39. The van der Waals surface area contributed by atoms with Crippen LogP contribution in [0.15, 0.2) is 78.9 Å². The Morgan fingerprint density at radius 1 is 0.846 bits per heavy atom. The van der Waals surface area contributed by atoms with E-state index >= 15 is 0 Å². The molecule has 0 N–H and O–H groups in total. The molecule has 0 aliphatic heterocycles. The molecule has 0 aromatic heterocycles. The number of rotatable bonds is 8. The predicted octanol–water partition coefficient (Wildman–Crippen LogP) is 5.87. The minimum absolute atomic E-state index is 0.0974. The van der Waals surface area contributed by atoms with Gasteiger partial charge in [-0.2, -0.15) is 11.8 Å². The number of carbonyl (C=O) groups excluding carboxylic acids is 1. The van der Waals surface area contributed by atoms with Crippen LogP contribution in [0.4, 0.5) is 0 Å². The molecule has 3 aromatic rings. The van der Waals surface area contributed by atoms with Gasteiger partial charge in [0.05, 0.1) is 6.61 Å². The number of hydrogen-bond donors (Lipinski definition) is 0. The van der Waals surface area contributed by atoms with E-state index < -0.39 is 0 Å². The van der Waals surface area contributed by atoms with Crippen LogP contribution in [0, 0.1) is 0 Å². The number of carbonyl (C=O) groups is 1. The van der Waals surface area contributed by atoms with Gasteiger partial charge < -0.3 is 4.74 Å². The molecule has 3 aromatic carbocycles. The quantitative estimate of drug-likeness (QED) is 0.370. The first kappa shape index (κ1) is 18.3. The molecule has 0 saturated heterocycles. The van der Waals surface area contributed by atoms with Crippen LogP contribution in [0.25, 0.3) is 11.1 Å². The summed E-state index contributed by atoms with van der Waals surface area (Å²) in [7, 11) is 0. The third-order valence-electron chi connectivity index (χ3n) is 4.09. The Bertz CT molecular complexity index is 824. The average molecular weight is 362 g/mol. The highest BCUT2D eigenvalue weighted by Crippen LogP contribution is 2.22. The molecule has 26 heavy (non-hydrogen) atoms. The van der Waals surface area contributed by atoms with E-state index in [1.54, 1.807) is 6.92 Å². The second-order valence-electron chi connectivity index (χ2n) is 6.04. The second-order valence-corrected chi connectivity index (χ2v) is 7.15. The van der Waals surface area contributed by atoms with Crippen molar-refractivity contribution in [2.75, 3.05) is 12.4 Å². The summed E-state index contributed by atoms with van der Waals surface area (Å²) in [5.74, 6) is 2.96. The van der Waals surface area contributed by atoms with Crippen LogP contribution < -0.4 is 4.74 Å². The van der Waals surface area contributed by atoms with E-state index in [1.807, 2.05) is 66.4 Å². The molecular formula is C23H22O2S. The van der Waals surface area contributed by atoms with Crippen LogP contribution >= 0.6 is 11.8 Å². The van der Waals surface area contributed by atoms with Crippen molar-refractivity contribution in [3.05, 3.63) is 90.0 Å². The Labute approximate surface area is 159 Å². The summed E-state index contributed by atoms with van der Waals surface area (Å²) in [6, 6.07) is 26.3. The summed E-state index contributed by atoms with van der Waals surface area (Å²) in [6.45, 7) is 2.31. The number of hydrogen-bond acceptors (Lipinski definition) is 3. The summed E-state index contributed by atoms with van der Waals surface area (Å²) in [5, 5.41) is 0. The smallest absolute Gasteiger partial charge is 0.159 e. The molecule has 0 saturated carbocycles. The zero-order chi connectivity index (χ0) is 18.2. The molecular weight excluding hydrogens is 340 g/mol. The van der Waals surface area contributed by atoms with Gasteiger partial charge in [0.25, 0.3) is 0 Å². The molecule has 0 aliphatic rings. The van der Waals surface area contributed by atoms with E-state index in [4.69, 9.17) is 4.74 Å². The Balaban J connectivity index is 1.46. The fraction of sp³-hybridized carbons (Fsp3) is 0.174. The van der Waals surface area contributed by atoms with Crippen molar-refractivity contribution >= 4 is 17.5 Å². The zero-order valence-electron chi connectivity index (χ0n) is 14.9. The number of ether oxygens (including phenoxy) is 1. The van der Waals surface area contributed by atoms with Crippen molar-refractivity contribution in [2.45, 2.75) is 12.7 Å². The Morgan fingerprint density at radius 3 is 2.08 bits per heavy atom. The lowest BCUT2D eigenvalue weighted by Crippen LogP contribution is -2.00. The predicted molar refractivity (Wildman–Crippen MR) is 110 cm³/mol. The van der Waals surface area contributed by atoms with E-state index in [-0.39, 0.29) is 5.78 Å². The highest BCUT2D eigenvalue weighted by molar-refractivity contribution is 7.98. The average Bonchev–Trinajstić information content (AvgIpc) is 2.69. The summed E-state index contributed by atoms with van der Waals surface area (Å²) in [4.78, 5) is 11.4. The molecule has 0 atom stereocenters. The van der Waals surface area contributed by atoms with E-state index in [0.29, 0.717) is 0 Å². The number of thioether (sulfide) groups is 1. The summed E-state index contributed by atoms with van der Waals surface area (Å²) in [5.41, 5.74) is 4.35. The molecule has 2 nitrogen and oxygen atoms in total. The Kier molecular flexibility index (Phi) is 6.50. The topological polar surface area (TPSA) is 26.3 Å². The molecule has 0 radical (unpaired) electrons. The van der Waals surface area contributed by atoms with Crippen LogP contribution in [0.3, 0.4) is 0 Å². The van der Waals surface area contributed by atoms with Crippen LogP contribution in [0.1, 0.15) is 22.8 Å². The molecule has 0 heterocycles. The van der Waals surface area contributed by atoms with E-state index in [1.165, 1.54) is 11.1 Å². The second kappa shape index (κ2) is 9.25. The molecule has 3 rings (SSSR count). The lowest BCUT2D eigenvalue weighted by Gasteiger charge is -2.07. The molecule has 132 valence electrons. The van der Waals surface area contributed by atoms with Crippen molar-refractivity contribution < 1.29 is 9.53 Å². The highest BCUT2D eigenvalue weighted by atomic mass is 32.2. The normalized spacial score (nSPS) is 10.5. The molecule has 0 aliphatic carbocycles. The van der Waals surface area contributed by atoms with Crippen molar-refractivity contribution in [1.29, 1.82) is 0 Å². The molecule has 3 heteroatoms. The SMILES string of the molecule is CC(=O)c1ccc(-c2ccc(CSCCOc3ccccc3)cc2)cc1. The third kappa shape index (κ3) is 5.24. The summed E-state index contributed by atoms with van der Waals surface area (Å²) < 4.78 is 5.70. The van der Waals surface area contributed by atoms with Crippen molar-refractivity contribution in [2.24, 2.45) is 0 Å². The summed E-state index contributed by atoms with van der Waals surface area (Å²) >= 11 is 1.87. The minimum Gasteiger partial charge on any atom is -0.493 e. The van der Waals surface area contributed by atoms with Gasteiger partial charge in [-0.05, 0) is 35.7 Å². The number of ketones is 1. The Hall–Kier alpha value is -2.52. The van der Waals surface area contributed by atoms with Crippen molar-refractivity contribution in [1.82, 2.24) is 0 Å².